The second kappa shape index (κ2) is 8.39. The van der Waals surface area contributed by atoms with E-state index in [1.54, 1.807) is 31.4 Å². The van der Waals surface area contributed by atoms with Crippen LogP contribution in [-0.4, -0.2) is 34.3 Å². The Morgan fingerprint density at radius 2 is 1.96 bits per heavy atom. The van der Waals surface area contributed by atoms with E-state index in [9.17, 15) is 9.59 Å². The van der Waals surface area contributed by atoms with Crippen molar-refractivity contribution in [2.45, 2.75) is 32.1 Å². The van der Waals surface area contributed by atoms with Gasteiger partial charge in [-0.1, -0.05) is 30.4 Å². The van der Waals surface area contributed by atoms with Crippen LogP contribution in [0.25, 0.3) is 0 Å². The number of methoxy groups -OCH3 is 1. The van der Waals surface area contributed by atoms with E-state index in [1.165, 1.54) is 11.3 Å². The van der Waals surface area contributed by atoms with E-state index in [0.29, 0.717) is 10.9 Å². The summed E-state index contributed by atoms with van der Waals surface area (Å²) >= 11 is 1.32. The number of amides is 1. The van der Waals surface area contributed by atoms with Gasteiger partial charge in [0.2, 0.25) is 11.0 Å². The molecule has 24 heavy (non-hydrogen) atoms. The van der Waals surface area contributed by atoms with Crippen molar-refractivity contribution in [2.75, 3.05) is 12.4 Å². The molecule has 0 aliphatic heterocycles. The number of rotatable bonds is 8. The fourth-order valence-corrected chi connectivity index (χ4v) is 2.93. The lowest BCUT2D eigenvalue weighted by molar-refractivity contribution is -0.137. The molecule has 2 rings (SSSR count). The summed E-state index contributed by atoms with van der Waals surface area (Å²) in [6.07, 6.45) is 0.677. The lowest BCUT2D eigenvalue weighted by Gasteiger charge is -2.15. The van der Waals surface area contributed by atoms with Gasteiger partial charge in [0.25, 0.3) is 0 Å². The minimum atomic E-state index is -0.951. The number of carbonyl (C=O) groups excluding carboxylic acids is 1. The molecule has 1 aromatic carbocycles. The summed E-state index contributed by atoms with van der Waals surface area (Å²) in [4.78, 5) is 23.3. The molecule has 0 radical (unpaired) electrons. The Kier molecular flexibility index (Phi) is 6.25. The molecule has 0 saturated heterocycles. The van der Waals surface area contributed by atoms with Crippen LogP contribution >= 0.6 is 11.3 Å². The Hall–Kier alpha value is -2.48. The number of nitrogens with one attached hydrogen (secondary N) is 1. The van der Waals surface area contributed by atoms with Crippen LogP contribution in [0.3, 0.4) is 0 Å². The Balaban J connectivity index is 2.06. The van der Waals surface area contributed by atoms with E-state index < -0.39 is 11.9 Å². The summed E-state index contributed by atoms with van der Waals surface area (Å²) in [5.41, 5.74) is 0.778. The van der Waals surface area contributed by atoms with Crippen molar-refractivity contribution in [3.05, 3.63) is 34.8 Å². The molecular weight excluding hydrogens is 330 g/mol. The third kappa shape index (κ3) is 5.02. The van der Waals surface area contributed by atoms with Gasteiger partial charge in [-0.25, -0.2) is 0 Å². The highest BCUT2D eigenvalue weighted by molar-refractivity contribution is 7.15. The number of nitrogens with zero attached hydrogens (tertiary/aromatic N) is 2. The number of hydrogen-bond donors (Lipinski definition) is 2. The Labute approximate surface area is 143 Å². The van der Waals surface area contributed by atoms with Gasteiger partial charge in [-0.05, 0) is 24.1 Å². The first-order chi connectivity index (χ1) is 11.5. The maximum Gasteiger partial charge on any atom is 0.303 e. The number of benzene rings is 1. The van der Waals surface area contributed by atoms with Crippen LogP contribution in [-0.2, 0) is 16.0 Å². The van der Waals surface area contributed by atoms with Crippen LogP contribution in [0, 0.1) is 0 Å². The summed E-state index contributed by atoms with van der Waals surface area (Å²) in [7, 11) is 1.56. The van der Waals surface area contributed by atoms with Gasteiger partial charge < -0.3 is 15.2 Å². The molecule has 7 nitrogen and oxygen atoms in total. The largest absolute Gasteiger partial charge is 0.497 e. The number of carboxylic acids is 1. The first kappa shape index (κ1) is 17.9. The second-order valence-corrected chi connectivity index (χ2v) is 6.24. The minimum absolute atomic E-state index is 0.0552. The predicted octanol–water partition coefficient (Wildman–Crippen LogP) is 2.70. The van der Waals surface area contributed by atoms with E-state index in [0.717, 1.165) is 17.0 Å². The molecule has 0 spiro atoms. The van der Waals surface area contributed by atoms with Gasteiger partial charge >= 0.3 is 5.97 Å². The maximum absolute atomic E-state index is 12.2. The van der Waals surface area contributed by atoms with Gasteiger partial charge in [-0.2, -0.15) is 0 Å². The van der Waals surface area contributed by atoms with Crippen molar-refractivity contribution in [1.82, 2.24) is 10.2 Å². The van der Waals surface area contributed by atoms with Gasteiger partial charge in [-0.15, -0.1) is 10.2 Å². The quantitative estimate of drug-likeness (QED) is 0.760. The summed E-state index contributed by atoms with van der Waals surface area (Å²) in [5.74, 6) is -0.978. The predicted molar refractivity (Wildman–Crippen MR) is 90.5 cm³/mol. The first-order valence-corrected chi connectivity index (χ1v) is 8.31. The molecule has 1 atom stereocenters. The zero-order valence-electron chi connectivity index (χ0n) is 13.5. The Morgan fingerprint density at radius 1 is 1.25 bits per heavy atom. The molecule has 1 unspecified atom stereocenters. The number of hydrogen-bond acceptors (Lipinski definition) is 6. The molecule has 2 N–H and O–H groups in total. The third-order valence-electron chi connectivity index (χ3n) is 3.46. The van der Waals surface area contributed by atoms with Crippen molar-refractivity contribution in [3.8, 4) is 5.75 Å². The van der Waals surface area contributed by atoms with Crippen LogP contribution in [0.4, 0.5) is 5.13 Å². The van der Waals surface area contributed by atoms with Gasteiger partial charge in [0.05, 0.1) is 13.5 Å². The topological polar surface area (TPSA) is 101 Å². The molecule has 1 amide bonds. The lowest BCUT2D eigenvalue weighted by Crippen LogP contribution is -2.17. The zero-order chi connectivity index (χ0) is 17.5. The van der Waals surface area contributed by atoms with Gasteiger partial charge in [0.15, 0.2) is 0 Å². The molecule has 8 heteroatoms. The van der Waals surface area contributed by atoms with E-state index in [-0.39, 0.29) is 18.7 Å². The molecule has 128 valence electrons. The number of aliphatic carboxylic acids is 1. The minimum Gasteiger partial charge on any atom is -0.497 e. The number of anilines is 1. The van der Waals surface area contributed by atoms with Crippen molar-refractivity contribution < 1.29 is 19.4 Å². The maximum atomic E-state index is 12.2. The zero-order valence-corrected chi connectivity index (χ0v) is 14.3. The van der Waals surface area contributed by atoms with E-state index in [2.05, 4.69) is 15.5 Å². The SMILES string of the molecule is CCc1nnc(NC(=O)CC(CC(=O)O)c2ccc(OC)cc2)s1. The summed E-state index contributed by atoms with van der Waals surface area (Å²) in [6.45, 7) is 1.96. The molecule has 0 fully saturated rings. The van der Waals surface area contributed by atoms with Crippen molar-refractivity contribution >= 4 is 28.3 Å². The van der Waals surface area contributed by atoms with E-state index in [4.69, 9.17) is 9.84 Å². The van der Waals surface area contributed by atoms with Crippen LogP contribution in [0.15, 0.2) is 24.3 Å². The highest BCUT2D eigenvalue weighted by atomic mass is 32.1. The fraction of sp³-hybridized carbons (Fsp3) is 0.375. The summed E-state index contributed by atoms with van der Waals surface area (Å²) in [6, 6.07) is 7.06. The van der Waals surface area contributed by atoms with Crippen LogP contribution in [0.5, 0.6) is 5.75 Å². The summed E-state index contributed by atoms with van der Waals surface area (Å²) < 4.78 is 5.09. The smallest absolute Gasteiger partial charge is 0.303 e. The highest BCUT2D eigenvalue weighted by Gasteiger charge is 2.20. The van der Waals surface area contributed by atoms with E-state index in [1.807, 2.05) is 6.92 Å². The third-order valence-corrected chi connectivity index (χ3v) is 4.44. The van der Waals surface area contributed by atoms with E-state index >= 15 is 0 Å². The molecule has 1 aromatic heterocycles. The molecule has 0 aliphatic carbocycles. The standard InChI is InChI=1S/C16H19N3O4S/c1-3-14-18-19-16(24-14)17-13(20)8-11(9-15(21)22)10-4-6-12(23-2)7-5-10/h4-7,11H,3,8-9H2,1-2H3,(H,21,22)(H,17,19,20). The first-order valence-electron chi connectivity index (χ1n) is 7.49. The number of ether oxygens (including phenoxy) is 1. The number of carboxylic acid groups (broad SMARTS) is 1. The molecular formula is C16H19N3O4S. The van der Waals surface area contributed by atoms with Gasteiger partial charge in [0.1, 0.15) is 10.8 Å². The van der Waals surface area contributed by atoms with Crippen LogP contribution in [0.1, 0.15) is 36.3 Å². The fourth-order valence-electron chi connectivity index (χ4n) is 2.24. The summed E-state index contributed by atoms with van der Waals surface area (Å²) in [5, 5.41) is 20.9. The average molecular weight is 349 g/mol. The van der Waals surface area contributed by atoms with Crippen LogP contribution in [0.2, 0.25) is 0 Å². The Bertz CT molecular complexity index is 700. The molecule has 2 aromatic rings. The van der Waals surface area contributed by atoms with Gasteiger partial charge in [-0.3, -0.25) is 9.59 Å². The molecule has 0 bridgehead atoms. The van der Waals surface area contributed by atoms with Crippen LogP contribution < -0.4 is 10.1 Å². The monoisotopic (exact) mass is 349 g/mol. The van der Waals surface area contributed by atoms with Gasteiger partial charge in [0, 0.05) is 12.3 Å². The van der Waals surface area contributed by atoms with Crippen molar-refractivity contribution in [3.63, 3.8) is 0 Å². The van der Waals surface area contributed by atoms with Crippen molar-refractivity contribution in [2.24, 2.45) is 0 Å². The number of carbonyl (C=O) groups is 2. The molecule has 0 aliphatic rings. The highest BCUT2D eigenvalue weighted by Crippen LogP contribution is 2.26. The Morgan fingerprint density at radius 3 is 2.50 bits per heavy atom. The average Bonchev–Trinajstić information content (AvgIpc) is 3.01. The normalized spacial score (nSPS) is 11.8. The van der Waals surface area contributed by atoms with Crippen molar-refractivity contribution in [1.29, 1.82) is 0 Å². The second-order valence-electron chi connectivity index (χ2n) is 5.17. The molecule has 1 heterocycles. The molecule has 0 saturated carbocycles. The number of aryl methyl sites for hydroxylation is 1. The number of aromatic nitrogens is 2. The lowest BCUT2D eigenvalue weighted by atomic mass is 9.92.